The summed E-state index contributed by atoms with van der Waals surface area (Å²) in [7, 11) is 0. The first-order valence-corrected chi connectivity index (χ1v) is 7.44. The van der Waals surface area contributed by atoms with Gasteiger partial charge in [-0.25, -0.2) is 4.98 Å². The number of nitrogens with one attached hydrogen (secondary N) is 2. The Hall–Kier alpha value is -1.21. The summed E-state index contributed by atoms with van der Waals surface area (Å²) in [6, 6.07) is 0.241. The van der Waals surface area contributed by atoms with E-state index in [1.807, 2.05) is 10.3 Å². The Morgan fingerprint density at radius 3 is 3.05 bits per heavy atom. The number of thiocarbonyl (C=S) groups is 1. The predicted molar refractivity (Wildman–Crippen MR) is 81.3 cm³/mol. The molecule has 1 aromatic heterocycles. The normalized spacial score (nSPS) is 21.9. The SMILES string of the molecule is CC1CC(C)(C)NC(=S)N1CC(=O)Nc1nccs1. The molecule has 7 heteroatoms. The number of nitrogens with zero attached hydrogens (tertiary/aromatic N) is 2. The molecule has 0 aromatic carbocycles. The van der Waals surface area contributed by atoms with Crippen LogP contribution in [-0.2, 0) is 4.79 Å². The Morgan fingerprint density at radius 2 is 2.47 bits per heavy atom. The highest BCUT2D eigenvalue weighted by molar-refractivity contribution is 7.80. The molecule has 0 spiro atoms. The largest absolute Gasteiger partial charge is 0.358 e. The van der Waals surface area contributed by atoms with Crippen molar-refractivity contribution < 1.29 is 4.79 Å². The van der Waals surface area contributed by atoms with Crippen LogP contribution in [0.25, 0.3) is 0 Å². The van der Waals surface area contributed by atoms with E-state index in [0.717, 1.165) is 6.42 Å². The molecular weight excluding hydrogens is 280 g/mol. The fourth-order valence-corrected chi connectivity index (χ4v) is 3.35. The van der Waals surface area contributed by atoms with Gasteiger partial charge < -0.3 is 15.5 Å². The van der Waals surface area contributed by atoms with E-state index in [1.165, 1.54) is 11.3 Å². The van der Waals surface area contributed by atoms with Crippen molar-refractivity contribution in [3.63, 3.8) is 0 Å². The van der Waals surface area contributed by atoms with Crippen molar-refractivity contribution >= 4 is 39.7 Å². The standard InChI is InChI=1S/C12H18N4OS2/c1-8-6-12(2,3)15-11(18)16(8)7-9(17)14-10-13-4-5-19-10/h4-5,8H,6-7H2,1-3H3,(H,15,18)(H,13,14,17). The highest BCUT2D eigenvalue weighted by Gasteiger charge is 2.33. The first-order valence-electron chi connectivity index (χ1n) is 6.15. The summed E-state index contributed by atoms with van der Waals surface area (Å²) in [5, 5.41) is 9.12. The number of amides is 1. The van der Waals surface area contributed by atoms with E-state index in [0.29, 0.717) is 10.2 Å². The number of rotatable bonds is 3. The van der Waals surface area contributed by atoms with Crippen LogP contribution in [0, 0.1) is 0 Å². The summed E-state index contributed by atoms with van der Waals surface area (Å²) in [5.74, 6) is -0.0920. The first-order chi connectivity index (χ1) is 8.87. The van der Waals surface area contributed by atoms with Crippen molar-refractivity contribution in [1.29, 1.82) is 0 Å². The molecule has 2 N–H and O–H groups in total. The fraction of sp³-hybridized carbons (Fsp3) is 0.583. The van der Waals surface area contributed by atoms with Gasteiger partial charge in [0.15, 0.2) is 10.2 Å². The molecule has 19 heavy (non-hydrogen) atoms. The fourth-order valence-electron chi connectivity index (χ4n) is 2.29. The van der Waals surface area contributed by atoms with Gasteiger partial charge in [-0.05, 0) is 39.4 Å². The average Bonchev–Trinajstić information content (AvgIpc) is 2.75. The molecule has 1 aromatic rings. The molecule has 1 saturated heterocycles. The average molecular weight is 298 g/mol. The molecule has 0 aliphatic carbocycles. The van der Waals surface area contributed by atoms with Crippen LogP contribution in [0.4, 0.5) is 5.13 Å². The van der Waals surface area contributed by atoms with E-state index >= 15 is 0 Å². The van der Waals surface area contributed by atoms with Crippen molar-refractivity contribution in [2.24, 2.45) is 0 Å². The number of hydrogen-bond acceptors (Lipinski definition) is 4. The minimum atomic E-state index is -0.0920. The highest BCUT2D eigenvalue weighted by atomic mass is 32.1. The van der Waals surface area contributed by atoms with Crippen molar-refractivity contribution in [2.75, 3.05) is 11.9 Å². The Kier molecular flexibility index (Phi) is 4.05. The van der Waals surface area contributed by atoms with Gasteiger partial charge in [0.05, 0.1) is 6.54 Å². The lowest BCUT2D eigenvalue weighted by molar-refractivity contribution is -0.117. The maximum Gasteiger partial charge on any atom is 0.245 e. The lowest BCUT2D eigenvalue weighted by Gasteiger charge is -2.44. The van der Waals surface area contributed by atoms with Gasteiger partial charge in [-0.3, -0.25) is 4.79 Å². The molecule has 1 unspecified atom stereocenters. The van der Waals surface area contributed by atoms with Crippen molar-refractivity contribution in [3.8, 4) is 0 Å². The smallest absolute Gasteiger partial charge is 0.245 e. The van der Waals surface area contributed by atoms with Crippen molar-refractivity contribution in [2.45, 2.75) is 38.8 Å². The predicted octanol–water partition coefficient (Wildman–Crippen LogP) is 1.83. The zero-order valence-corrected chi connectivity index (χ0v) is 12.9. The maximum atomic E-state index is 12.0. The topological polar surface area (TPSA) is 57.3 Å². The Bertz CT molecular complexity index is 472. The van der Waals surface area contributed by atoms with Crippen LogP contribution in [0.15, 0.2) is 11.6 Å². The molecule has 1 atom stereocenters. The van der Waals surface area contributed by atoms with E-state index in [2.05, 4.69) is 36.4 Å². The van der Waals surface area contributed by atoms with Gasteiger partial charge in [-0.2, -0.15) is 0 Å². The van der Waals surface area contributed by atoms with Gasteiger partial charge >= 0.3 is 0 Å². The molecule has 0 bridgehead atoms. The summed E-state index contributed by atoms with van der Waals surface area (Å²) < 4.78 is 0. The van der Waals surface area contributed by atoms with E-state index in [9.17, 15) is 4.79 Å². The summed E-state index contributed by atoms with van der Waals surface area (Å²) in [6.45, 7) is 6.57. The summed E-state index contributed by atoms with van der Waals surface area (Å²) in [6.07, 6.45) is 2.61. The molecule has 2 heterocycles. The highest BCUT2D eigenvalue weighted by Crippen LogP contribution is 2.22. The summed E-state index contributed by atoms with van der Waals surface area (Å²) >= 11 is 6.75. The Balaban J connectivity index is 1.95. The summed E-state index contributed by atoms with van der Waals surface area (Å²) in [5.41, 5.74) is -0.0151. The number of carbonyl (C=O) groups is 1. The van der Waals surface area contributed by atoms with Gasteiger partial charge in [-0.15, -0.1) is 11.3 Å². The lowest BCUT2D eigenvalue weighted by Crippen LogP contribution is -2.61. The molecule has 1 amide bonds. The van der Waals surface area contributed by atoms with E-state index < -0.39 is 0 Å². The maximum absolute atomic E-state index is 12.0. The zero-order valence-electron chi connectivity index (χ0n) is 11.3. The van der Waals surface area contributed by atoms with E-state index in [-0.39, 0.29) is 24.0 Å². The third-order valence-corrected chi connectivity index (χ3v) is 4.06. The second-order valence-electron chi connectivity index (χ2n) is 5.38. The van der Waals surface area contributed by atoms with Crippen LogP contribution in [-0.4, -0.2) is 39.0 Å². The molecule has 1 aliphatic rings. The van der Waals surface area contributed by atoms with Gasteiger partial charge in [0, 0.05) is 23.2 Å². The zero-order chi connectivity index (χ0) is 14.0. The summed E-state index contributed by atoms with van der Waals surface area (Å²) in [4.78, 5) is 17.9. The van der Waals surface area contributed by atoms with Crippen LogP contribution in [0.1, 0.15) is 27.2 Å². The molecule has 0 saturated carbocycles. The molecule has 5 nitrogen and oxygen atoms in total. The monoisotopic (exact) mass is 298 g/mol. The van der Waals surface area contributed by atoms with Crippen LogP contribution in [0.5, 0.6) is 0 Å². The van der Waals surface area contributed by atoms with Crippen LogP contribution in [0.3, 0.4) is 0 Å². The number of anilines is 1. The molecule has 1 aliphatic heterocycles. The van der Waals surface area contributed by atoms with Crippen LogP contribution in [0.2, 0.25) is 0 Å². The number of thiazole rings is 1. The minimum Gasteiger partial charge on any atom is -0.358 e. The van der Waals surface area contributed by atoms with Crippen LogP contribution < -0.4 is 10.6 Å². The number of hydrogen-bond donors (Lipinski definition) is 2. The first kappa shape index (κ1) is 14.2. The van der Waals surface area contributed by atoms with E-state index in [4.69, 9.17) is 12.2 Å². The number of aromatic nitrogens is 1. The Morgan fingerprint density at radius 1 is 1.74 bits per heavy atom. The van der Waals surface area contributed by atoms with Gasteiger partial charge in [0.25, 0.3) is 0 Å². The number of carbonyl (C=O) groups excluding carboxylic acids is 1. The van der Waals surface area contributed by atoms with Crippen molar-refractivity contribution in [1.82, 2.24) is 15.2 Å². The van der Waals surface area contributed by atoms with Gasteiger partial charge in [0.1, 0.15) is 0 Å². The molecule has 1 fully saturated rings. The lowest BCUT2D eigenvalue weighted by atomic mass is 9.93. The second-order valence-corrected chi connectivity index (χ2v) is 6.66. The van der Waals surface area contributed by atoms with Gasteiger partial charge in [0.2, 0.25) is 5.91 Å². The molecule has 0 radical (unpaired) electrons. The molecular formula is C12H18N4OS2. The molecule has 2 rings (SSSR count). The Labute approximate surface area is 122 Å². The molecule has 104 valence electrons. The third-order valence-electron chi connectivity index (χ3n) is 3.04. The van der Waals surface area contributed by atoms with Crippen LogP contribution >= 0.6 is 23.6 Å². The minimum absolute atomic E-state index is 0.0151. The second kappa shape index (κ2) is 5.42. The van der Waals surface area contributed by atoms with E-state index in [1.54, 1.807) is 6.20 Å². The third kappa shape index (κ3) is 3.63. The van der Waals surface area contributed by atoms with Crippen molar-refractivity contribution in [3.05, 3.63) is 11.6 Å². The quantitative estimate of drug-likeness (QED) is 0.834. The van der Waals surface area contributed by atoms with Gasteiger partial charge in [-0.1, -0.05) is 0 Å².